The fourth-order valence-electron chi connectivity index (χ4n) is 3.10. The first-order valence-corrected chi connectivity index (χ1v) is 9.15. The van der Waals surface area contributed by atoms with Gasteiger partial charge in [-0.3, -0.25) is 9.59 Å². The normalized spacial score (nSPS) is 13.1. The highest BCUT2D eigenvalue weighted by molar-refractivity contribution is 5.95. The smallest absolute Gasteiger partial charge is 0.262 e. The lowest BCUT2D eigenvalue weighted by atomic mass is 10.1. The lowest BCUT2D eigenvalue weighted by Gasteiger charge is -2.17. The number of carbonyl (C=O) groups is 2. The Hall–Kier alpha value is -3.22. The third-order valence-electron chi connectivity index (χ3n) is 4.54. The van der Waals surface area contributed by atoms with Crippen LogP contribution in [0.1, 0.15) is 23.2 Å². The molecule has 1 aliphatic heterocycles. The molecule has 2 amide bonds. The summed E-state index contributed by atoms with van der Waals surface area (Å²) >= 11 is 0. The zero-order valence-corrected chi connectivity index (χ0v) is 16.1. The number of para-hydroxylation sites is 2. The van der Waals surface area contributed by atoms with Gasteiger partial charge >= 0.3 is 0 Å². The van der Waals surface area contributed by atoms with Gasteiger partial charge in [-0.15, -0.1) is 0 Å². The van der Waals surface area contributed by atoms with Crippen LogP contribution >= 0.6 is 0 Å². The standard InChI is InChI=1S/C21H24N2O5/c1-26-17-8-4-3-7-16(17)22-20(24)14-28-18-10-9-15(13-19(18)27-2)21(25)23-11-5-6-12-23/h3-4,7-10,13H,5-6,11-12,14H2,1-2H3,(H,22,24). The monoisotopic (exact) mass is 384 g/mol. The Morgan fingerprint density at radius 2 is 1.68 bits per heavy atom. The minimum atomic E-state index is -0.330. The lowest BCUT2D eigenvalue weighted by molar-refractivity contribution is -0.118. The molecule has 0 aromatic heterocycles. The summed E-state index contributed by atoms with van der Waals surface area (Å²) in [5.41, 5.74) is 1.11. The Bertz CT molecular complexity index is 846. The summed E-state index contributed by atoms with van der Waals surface area (Å²) in [7, 11) is 3.04. The molecular weight excluding hydrogens is 360 g/mol. The van der Waals surface area contributed by atoms with Crippen LogP contribution in [-0.2, 0) is 4.79 Å². The topological polar surface area (TPSA) is 77.1 Å². The van der Waals surface area contributed by atoms with E-state index in [4.69, 9.17) is 14.2 Å². The third-order valence-corrected chi connectivity index (χ3v) is 4.54. The Morgan fingerprint density at radius 3 is 2.39 bits per heavy atom. The molecule has 0 saturated carbocycles. The van der Waals surface area contributed by atoms with Crippen molar-refractivity contribution in [2.24, 2.45) is 0 Å². The van der Waals surface area contributed by atoms with Crippen molar-refractivity contribution in [3.05, 3.63) is 48.0 Å². The molecule has 2 aromatic carbocycles. The number of hydrogen-bond acceptors (Lipinski definition) is 5. The molecule has 7 nitrogen and oxygen atoms in total. The second-order valence-corrected chi connectivity index (χ2v) is 6.40. The Kier molecular flexibility index (Phi) is 6.37. The van der Waals surface area contributed by atoms with Gasteiger partial charge in [0.05, 0.1) is 19.9 Å². The number of rotatable bonds is 7. The van der Waals surface area contributed by atoms with Crippen molar-refractivity contribution < 1.29 is 23.8 Å². The van der Waals surface area contributed by atoms with Gasteiger partial charge in [0.2, 0.25) is 0 Å². The van der Waals surface area contributed by atoms with E-state index in [1.807, 2.05) is 11.0 Å². The number of nitrogens with one attached hydrogen (secondary N) is 1. The van der Waals surface area contributed by atoms with Crippen molar-refractivity contribution in [3.8, 4) is 17.2 Å². The van der Waals surface area contributed by atoms with Crippen molar-refractivity contribution in [2.45, 2.75) is 12.8 Å². The average molecular weight is 384 g/mol. The zero-order valence-electron chi connectivity index (χ0n) is 16.1. The van der Waals surface area contributed by atoms with E-state index in [2.05, 4.69) is 5.32 Å². The first kappa shape index (κ1) is 19.5. The average Bonchev–Trinajstić information content (AvgIpc) is 3.27. The molecule has 2 aromatic rings. The summed E-state index contributed by atoms with van der Waals surface area (Å²) in [6, 6.07) is 12.1. The summed E-state index contributed by atoms with van der Waals surface area (Å²) in [5, 5.41) is 2.75. The molecule has 0 spiro atoms. The number of nitrogens with zero attached hydrogens (tertiary/aromatic N) is 1. The molecule has 0 radical (unpaired) electrons. The number of amides is 2. The Morgan fingerprint density at radius 1 is 0.964 bits per heavy atom. The van der Waals surface area contributed by atoms with Crippen LogP contribution in [0.2, 0.25) is 0 Å². The van der Waals surface area contributed by atoms with Gasteiger partial charge in [-0.2, -0.15) is 0 Å². The maximum atomic E-state index is 12.5. The number of hydrogen-bond donors (Lipinski definition) is 1. The first-order chi connectivity index (χ1) is 13.6. The molecule has 1 saturated heterocycles. The van der Waals surface area contributed by atoms with Gasteiger partial charge in [0, 0.05) is 18.7 Å². The van der Waals surface area contributed by atoms with Crippen molar-refractivity contribution >= 4 is 17.5 Å². The largest absolute Gasteiger partial charge is 0.495 e. The molecule has 1 aliphatic rings. The van der Waals surface area contributed by atoms with Gasteiger partial charge in [0.15, 0.2) is 18.1 Å². The van der Waals surface area contributed by atoms with Crippen LogP contribution in [0, 0.1) is 0 Å². The van der Waals surface area contributed by atoms with Gasteiger partial charge in [-0.25, -0.2) is 0 Å². The van der Waals surface area contributed by atoms with Crippen LogP contribution in [0.25, 0.3) is 0 Å². The summed E-state index contributed by atoms with van der Waals surface area (Å²) in [6.07, 6.45) is 2.07. The van der Waals surface area contributed by atoms with Gasteiger partial charge in [0.1, 0.15) is 5.75 Å². The molecule has 7 heteroatoms. The molecular formula is C21H24N2O5. The van der Waals surface area contributed by atoms with Crippen LogP contribution in [0.3, 0.4) is 0 Å². The number of benzene rings is 2. The minimum absolute atomic E-state index is 0.0173. The molecule has 0 atom stereocenters. The van der Waals surface area contributed by atoms with Crippen LogP contribution in [0.5, 0.6) is 17.2 Å². The summed E-state index contributed by atoms with van der Waals surface area (Å²) in [4.78, 5) is 26.5. The van der Waals surface area contributed by atoms with Crippen molar-refractivity contribution in [3.63, 3.8) is 0 Å². The summed E-state index contributed by atoms with van der Waals surface area (Å²) < 4.78 is 16.1. The molecule has 1 N–H and O–H groups in total. The minimum Gasteiger partial charge on any atom is -0.495 e. The maximum absolute atomic E-state index is 12.5. The van der Waals surface area contributed by atoms with E-state index < -0.39 is 0 Å². The summed E-state index contributed by atoms with van der Waals surface area (Å²) in [5.74, 6) is 1.03. The van der Waals surface area contributed by atoms with Crippen LogP contribution in [0.15, 0.2) is 42.5 Å². The predicted molar refractivity (Wildman–Crippen MR) is 105 cm³/mol. The highest BCUT2D eigenvalue weighted by Gasteiger charge is 2.21. The van der Waals surface area contributed by atoms with Crippen molar-refractivity contribution in [2.75, 3.05) is 39.2 Å². The van der Waals surface area contributed by atoms with E-state index in [1.165, 1.54) is 14.2 Å². The quantitative estimate of drug-likeness (QED) is 0.794. The molecule has 1 heterocycles. The summed E-state index contributed by atoms with van der Waals surface area (Å²) in [6.45, 7) is 1.36. The fraction of sp³-hybridized carbons (Fsp3) is 0.333. The number of likely N-dealkylation sites (tertiary alicyclic amines) is 1. The van der Waals surface area contributed by atoms with E-state index in [9.17, 15) is 9.59 Å². The van der Waals surface area contributed by atoms with Gasteiger partial charge in [-0.05, 0) is 43.2 Å². The predicted octanol–water partition coefficient (Wildman–Crippen LogP) is 2.96. The highest BCUT2D eigenvalue weighted by Crippen LogP contribution is 2.29. The highest BCUT2D eigenvalue weighted by atomic mass is 16.5. The maximum Gasteiger partial charge on any atom is 0.262 e. The zero-order chi connectivity index (χ0) is 19.9. The van der Waals surface area contributed by atoms with E-state index in [0.717, 1.165) is 25.9 Å². The number of carbonyl (C=O) groups excluding carboxylic acids is 2. The molecule has 0 bridgehead atoms. The fourth-order valence-corrected chi connectivity index (χ4v) is 3.10. The Balaban J connectivity index is 1.63. The molecule has 148 valence electrons. The van der Waals surface area contributed by atoms with Gasteiger partial charge in [-0.1, -0.05) is 12.1 Å². The number of ether oxygens (including phenoxy) is 3. The first-order valence-electron chi connectivity index (χ1n) is 9.15. The van der Waals surface area contributed by atoms with Crippen LogP contribution in [-0.4, -0.2) is 50.6 Å². The van der Waals surface area contributed by atoms with Crippen LogP contribution < -0.4 is 19.5 Å². The van der Waals surface area contributed by atoms with E-state index in [-0.39, 0.29) is 18.4 Å². The number of methoxy groups -OCH3 is 2. The second-order valence-electron chi connectivity index (χ2n) is 6.40. The van der Waals surface area contributed by atoms with Gasteiger partial charge in [0.25, 0.3) is 11.8 Å². The van der Waals surface area contributed by atoms with Crippen molar-refractivity contribution in [1.82, 2.24) is 4.90 Å². The van der Waals surface area contributed by atoms with Crippen LogP contribution in [0.4, 0.5) is 5.69 Å². The molecule has 1 fully saturated rings. The number of anilines is 1. The van der Waals surface area contributed by atoms with Crippen molar-refractivity contribution in [1.29, 1.82) is 0 Å². The van der Waals surface area contributed by atoms with E-state index >= 15 is 0 Å². The van der Waals surface area contributed by atoms with Gasteiger partial charge < -0.3 is 24.4 Å². The van der Waals surface area contributed by atoms with E-state index in [0.29, 0.717) is 28.5 Å². The molecule has 0 aliphatic carbocycles. The Labute approximate surface area is 164 Å². The second kappa shape index (κ2) is 9.12. The molecule has 3 rings (SSSR count). The molecule has 28 heavy (non-hydrogen) atoms. The van der Waals surface area contributed by atoms with E-state index in [1.54, 1.807) is 36.4 Å². The third kappa shape index (κ3) is 4.54. The SMILES string of the molecule is COc1ccccc1NC(=O)COc1ccc(C(=O)N2CCCC2)cc1OC. The molecule has 0 unspecified atom stereocenters. The lowest BCUT2D eigenvalue weighted by Crippen LogP contribution is -2.27.